The summed E-state index contributed by atoms with van der Waals surface area (Å²) in [5.41, 5.74) is 11.3. The topological polar surface area (TPSA) is 29.0 Å². The normalized spacial score (nSPS) is 11.3. The van der Waals surface area contributed by atoms with Crippen molar-refractivity contribution in [1.82, 2.24) is 9.97 Å². The molecule has 0 atom stereocenters. The van der Waals surface area contributed by atoms with Gasteiger partial charge in [0, 0.05) is 33.6 Å². The van der Waals surface area contributed by atoms with Crippen LogP contribution in [-0.4, -0.2) is 9.97 Å². The Balaban J connectivity index is 1.21. The average molecular weight is 626 g/mol. The van der Waals surface area contributed by atoms with Gasteiger partial charge in [-0.3, -0.25) is 0 Å². The first-order valence-corrected chi connectivity index (χ1v) is 16.6. The van der Waals surface area contributed by atoms with Crippen LogP contribution in [0.15, 0.2) is 188 Å². The number of anilines is 3. The molecule has 0 fully saturated rings. The summed E-state index contributed by atoms with van der Waals surface area (Å²) in [7, 11) is 0. The van der Waals surface area contributed by atoms with Crippen LogP contribution in [0.25, 0.3) is 66.2 Å². The van der Waals surface area contributed by atoms with E-state index in [0.29, 0.717) is 0 Å². The van der Waals surface area contributed by atoms with Crippen LogP contribution in [0.3, 0.4) is 0 Å². The van der Waals surface area contributed by atoms with Crippen LogP contribution in [0.4, 0.5) is 17.1 Å². The second-order valence-electron chi connectivity index (χ2n) is 12.3. The Kier molecular flexibility index (Phi) is 7.14. The lowest BCUT2D eigenvalue weighted by atomic mass is 10.0. The molecule has 0 bridgehead atoms. The Labute approximate surface area is 285 Å². The van der Waals surface area contributed by atoms with Gasteiger partial charge in [0.1, 0.15) is 0 Å². The minimum atomic E-state index is 0.877. The van der Waals surface area contributed by atoms with E-state index < -0.39 is 0 Å². The molecule has 0 N–H and O–H groups in total. The molecule has 3 heteroatoms. The van der Waals surface area contributed by atoms with Gasteiger partial charge in [0.25, 0.3) is 0 Å². The molecule has 1 aromatic heterocycles. The molecule has 0 amide bonds. The molecule has 0 unspecified atom stereocenters. The van der Waals surface area contributed by atoms with Gasteiger partial charge in [-0.05, 0) is 69.8 Å². The van der Waals surface area contributed by atoms with E-state index in [0.717, 1.165) is 61.4 Å². The zero-order chi connectivity index (χ0) is 32.6. The molecule has 230 valence electrons. The van der Waals surface area contributed by atoms with Gasteiger partial charge in [0.15, 0.2) is 0 Å². The van der Waals surface area contributed by atoms with E-state index in [-0.39, 0.29) is 0 Å². The number of aromatic nitrogens is 2. The maximum absolute atomic E-state index is 5.34. The molecular formula is C46H31N3. The van der Waals surface area contributed by atoms with Crippen LogP contribution in [0.1, 0.15) is 0 Å². The van der Waals surface area contributed by atoms with Crippen molar-refractivity contribution < 1.29 is 0 Å². The van der Waals surface area contributed by atoms with E-state index in [1.807, 2.05) is 12.1 Å². The summed E-state index contributed by atoms with van der Waals surface area (Å²) in [5.74, 6) is 0. The van der Waals surface area contributed by atoms with E-state index >= 15 is 0 Å². The fraction of sp³-hybridized carbons (Fsp3) is 0. The van der Waals surface area contributed by atoms with Crippen molar-refractivity contribution >= 4 is 49.6 Å². The summed E-state index contributed by atoms with van der Waals surface area (Å²) in [6.45, 7) is 0. The molecule has 0 saturated heterocycles. The van der Waals surface area contributed by atoms with Crippen LogP contribution in [0, 0.1) is 0 Å². The van der Waals surface area contributed by atoms with Gasteiger partial charge >= 0.3 is 0 Å². The van der Waals surface area contributed by atoms with E-state index in [1.54, 1.807) is 0 Å². The molecule has 9 aromatic rings. The summed E-state index contributed by atoms with van der Waals surface area (Å²) in [5, 5.41) is 4.61. The molecule has 8 aromatic carbocycles. The lowest BCUT2D eigenvalue weighted by Crippen LogP contribution is -2.10. The van der Waals surface area contributed by atoms with Crippen LogP contribution in [-0.2, 0) is 0 Å². The van der Waals surface area contributed by atoms with Crippen LogP contribution >= 0.6 is 0 Å². The quantitative estimate of drug-likeness (QED) is 0.172. The van der Waals surface area contributed by atoms with Crippen molar-refractivity contribution in [1.29, 1.82) is 0 Å². The predicted molar refractivity (Wildman–Crippen MR) is 206 cm³/mol. The smallest absolute Gasteiger partial charge is 0.0973 e. The van der Waals surface area contributed by atoms with Crippen molar-refractivity contribution in [2.75, 3.05) is 4.90 Å². The average Bonchev–Trinajstić information content (AvgIpc) is 3.18. The Morgan fingerprint density at radius 2 is 0.816 bits per heavy atom. The van der Waals surface area contributed by atoms with Gasteiger partial charge < -0.3 is 4.90 Å². The fourth-order valence-electron chi connectivity index (χ4n) is 6.77. The first-order valence-electron chi connectivity index (χ1n) is 16.6. The second kappa shape index (κ2) is 12.2. The first-order chi connectivity index (χ1) is 24.3. The molecule has 9 rings (SSSR count). The summed E-state index contributed by atoms with van der Waals surface area (Å²) in [4.78, 5) is 12.9. The van der Waals surface area contributed by atoms with Gasteiger partial charge in [0.2, 0.25) is 0 Å². The molecule has 3 nitrogen and oxygen atoms in total. The van der Waals surface area contributed by atoms with E-state index in [1.165, 1.54) is 21.9 Å². The van der Waals surface area contributed by atoms with Crippen LogP contribution in [0.5, 0.6) is 0 Å². The highest BCUT2D eigenvalue weighted by molar-refractivity contribution is 6.07. The molecule has 0 aliphatic rings. The monoisotopic (exact) mass is 625 g/mol. The fourth-order valence-corrected chi connectivity index (χ4v) is 6.77. The SMILES string of the molecule is c1ccc(-c2ccc(N(c3ccc4ccccc4c3)c3ccc4c(ccc5nc(-c6ccccc6)c(-c6ccccc6)nc54)c3)cc2)cc1. The Morgan fingerprint density at radius 1 is 0.327 bits per heavy atom. The van der Waals surface area contributed by atoms with Crippen molar-refractivity contribution in [2.45, 2.75) is 0 Å². The summed E-state index contributed by atoms with van der Waals surface area (Å²) in [6, 6.07) is 66.2. The Hall–Kier alpha value is -6.58. The largest absolute Gasteiger partial charge is 0.310 e. The molecule has 0 spiro atoms. The lowest BCUT2D eigenvalue weighted by molar-refractivity contribution is 1.29. The standard InChI is InChI=1S/C46H31N3/c1-4-12-32(13-5-1)34-20-24-39(25-21-34)49(40-26-22-33-14-10-11-19-37(33)30-40)41-27-28-42-38(31-41)23-29-43-46(42)48-45(36-17-8-3-9-18-36)44(47-43)35-15-6-2-7-16-35/h1-31H. The van der Waals surface area contributed by atoms with Crippen molar-refractivity contribution in [3.8, 4) is 33.6 Å². The first kappa shape index (κ1) is 28.6. The minimum absolute atomic E-state index is 0.877. The molecule has 1 heterocycles. The van der Waals surface area contributed by atoms with Gasteiger partial charge in [-0.25, -0.2) is 9.97 Å². The molecule has 0 saturated carbocycles. The van der Waals surface area contributed by atoms with E-state index in [9.17, 15) is 0 Å². The van der Waals surface area contributed by atoms with E-state index in [2.05, 4.69) is 181 Å². The molecule has 0 radical (unpaired) electrons. The number of rotatable bonds is 6. The van der Waals surface area contributed by atoms with Crippen molar-refractivity contribution in [2.24, 2.45) is 0 Å². The molecule has 49 heavy (non-hydrogen) atoms. The maximum atomic E-state index is 5.34. The number of fused-ring (bicyclic) bond motifs is 4. The highest BCUT2D eigenvalue weighted by atomic mass is 15.1. The third-order valence-corrected chi connectivity index (χ3v) is 9.21. The second-order valence-corrected chi connectivity index (χ2v) is 12.3. The molecule has 0 aliphatic heterocycles. The minimum Gasteiger partial charge on any atom is -0.310 e. The number of benzene rings is 8. The molecular weight excluding hydrogens is 595 g/mol. The van der Waals surface area contributed by atoms with Gasteiger partial charge in [-0.2, -0.15) is 0 Å². The third kappa shape index (κ3) is 5.38. The summed E-state index contributed by atoms with van der Waals surface area (Å²) >= 11 is 0. The number of nitrogens with zero attached hydrogens (tertiary/aromatic N) is 3. The zero-order valence-electron chi connectivity index (χ0n) is 26.7. The highest BCUT2D eigenvalue weighted by Gasteiger charge is 2.17. The van der Waals surface area contributed by atoms with Gasteiger partial charge in [-0.15, -0.1) is 0 Å². The van der Waals surface area contributed by atoms with Crippen LogP contribution in [0.2, 0.25) is 0 Å². The summed E-state index contributed by atoms with van der Waals surface area (Å²) < 4.78 is 0. The van der Waals surface area contributed by atoms with Gasteiger partial charge in [-0.1, -0.05) is 146 Å². The third-order valence-electron chi connectivity index (χ3n) is 9.21. The zero-order valence-corrected chi connectivity index (χ0v) is 26.7. The Morgan fingerprint density at radius 3 is 1.49 bits per heavy atom. The molecule has 0 aliphatic carbocycles. The maximum Gasteiger partial charge on any atom is 0.0973 e. The number of hydrogen-bond donors (Lipinski definition) is 0. The van der Waals surface area contributed by atoms with Gasteiger partial charge in [0.05, 0.1) is 22.4 Å². The number of hydrogen-bond acceptors (Lipinski definition) is 3. The summed E-state index contributed by atoms with van der Waals surface area (Å²) in [6.07, 6.45) is 0. The van der Waals surface area contributed by atoms with Crippen molar-refractivity contribution in [3.63, 3.8) is 0 Å². The predicted octanol–water partition coefficient (Wildman–Crippen LogP) is 12.4. The van der Waals surface area contributed by atoms with Crippen LogP contribution < -0.4 is 4.90 Å². The highest BCUT2D eigenvalue weighted by Crippen LogP contribution is 2.40. The lowest BCUT2D eigenvalue weighted by Gasteiger charge is -2.26. The van der Waals surface area contributed by atoms with Crippen molar-refractivity contribution in [3.05, 3.63) is 188 Å². The van der Waals surface area contributed by atoms with E-state index in [4.69, 9.17) is 9.97 Å². The Bertz CT molecular complexity index is 2580.